The highest BCUT2D eigenvalue weighted by molar-refractivity contribution is 14.0. The molecular weight excluding hydrogens is 505 g/mol. The van der Waals surface area contributed by atoms with E-state index >= 15 is 0 Å². The third kappa shape index (κ3) is 7.38. The number of likely N-dealkylation sites (tertiary alicyclic amines) is 1. The average molecular weight is 540 g/mol. The Bertz CT molecular complexity index is 552. The van der Waals surface area contributed by atoms with Crippen LogP contribution in [0, 0.1) is 5.92 Å². The lowest BCUT2D eigenvalue weighted by atomic mass is 9.97. The second-order valence-electron chi connectivity index (χ2n) is 7.10. The van der Waals surface area contributed by atoms with Gasteiger partial charge in [-0.2, -0.15) is 0 Å². The van der Waals surface area contributed by atoms with Gasteiger partial charge in [-0.05, 0) is 73.7 Å². The fourth-order valence-electron chi connectivity index (χ4n) is 3.44. The number of hydrogen-bond acceptors (Lipinski definition) is 2. The van der Waals surface area contributed by atoms with Gasteiger partial charge in [0, 0.05) is 43.5 Å². The number of aromatic nitrogens is 1. The van der Waals surface area contributed by atoms with Crippen molar-refractivity contribution in [2.75, 3.05) is 39.8 Å². The smallest absolute Gasteiger partial charge is 0.194 e. The first-order valence-electron chi connectivity index (χ1n) is 9.56. The summed E-state index contributed by atoms with van der Waals surface area (Å²) < 4.78 is 3.28. The molecule has 0 saturated carbocycles. The second kappa shape index (κ2) is 12.2. The SMILES string of the molecule is CCCN1CCC(CN=C(NCC)N(C)Cc2cc(Br)cn2C)CC1.I. The van der Waals surface area contributed by atoms with Crippen LogP contribution in [0.2, 0.25) is 0 Å². The summed E-state index contributed by atoms with van der Waals surface area (Å²) in [5.74, 6) is 1.73. The van der Waals surface area contributed by atoms with Gasteiger partial charge in [0.15, 0.2) is 5.96 Å². The summed E-state index contributed by atoms with van der Waals surface area (Å²) in [4.78, 5) is 9.74. The summed E-state index contributed by atoms with van der Waals surface area (Å²) in [5, 5.41) is 3.44. The molecule has 0 radical (unpaired) electrons. The predicted octanol–water partition coefficient (Wildman–Crippen LogP) is 3.92. The largest absolute Gasteiger partial charge is 0.357 e. The van der Waals surface area contributed by atoms with Gasteiger partial charge in [0.2, 0.25) is 0 Å². The monoisotopic (exact) mass is 539 g/mol. The Hall–Kier alpha value is -0.280. The van der Waals surface area contributed by atoms with Crippen molar-refractivity contribution in [3.8, 4) is 0 Å². The lowest BCUT2D eigenvalue weighted by molar-refractivity contribution is 0.188. The number of aliphatic imine (C=N–C) groups is 1. The first-order valence-corrected chi connectivity index (χ1v) is 10.3. The fraction of sp³-hybridized carbons (Fsp3) is 0.737. The van der Waals surface area contributed by atoms with Gasteiger partial charge in [0.05, 0.1) is 6.54 Å². The van der Waals surface area contributed by atoms with E-state index in [2.05, 4.69) is 75.8 Å². The lowest BCUT2D eigenvalue weighted by Crippen LogP contribution is -2.40. The molecule has 7 heteroatoms. The van der Waals surface area contributed by atoms with Crippen molar-refractivity contribution in [2.24, 2.45) is 18.0 Å². The van der Waals surface area contributed by atoms with E-state index in [1.54, 1.807) is 0 Å². The van der Waals surface area contributed by atoms with E-state index in [-0.39, 0.29) is 24.0 Å². The Labute approximate surface area is 184 Å². The van der Waals surface area contributed by atoms with Crippen LogP contribution in [0.25, 0.3) is 0 Å². The topological polar surface area (TPSA) is 35.8 Å². The highest BCUT2D eigenvalue weighted by atomic mass is 127. The van der Waals surface area contributed by atoms with Gasteiger partial charge in [-0.1, -0.05) is 6.92 Å². The summed E-state index contributed by atoms with van der Waals surface area (Å²) >= 11 is 3.55. The van der Waals surface area contributed by atoms with Crippen LogP contribution in [-0.4, -0.2) is 60.1 Å². The van der Waals surface area contributed by atoms with Gasteiger partial charge in [-0.3, -0.25) is 4.99 Å². The third-order valence-electron chi connectivity index (χ3n) is 4.92. The van der Waals surface area contributed by atoms with E-state index in [4.69, 9.17) is 4.99 Å². The van der Waals surface area contributed by atoms with Crippen molar-refractivity contribution in [3.63, 3.8) is 0 Å². The van der Waals surface area contributed by atoms with E-state index in [1.807, 2.05) is 0 Å². The Kier molecular flexibility index (Phi) is 11.2. The molecule has 0 aromatic carbocycles. The molecule has 2 rings (SSSR count). The number of aryl methyl sites for hydroxylation is 1. The molecular formula is C19H35BrIN5. The summed E-state index contributed by atoms with van der Waals surface area (Å²) in [6.07, 6.45) is 5.90. The number of nitrogens with one attached hydrogen (secondary N) is 1. The van der Waals surface area contributed by atoms with Crippen LogP contribution in [0.3, 0.4) is 0 Å². The zero-order chi connectivity index (χ0) is 18.2. The summed E-state index contributed by atoms with van der Waals surface area (Å²) in [6, 6.07) is 2.17. The Morgan fingerprint density at radius 1 is 1.35 bits per heavy atom. The van der Waals surface area contributed by atoms with Gasteiger partial charge < -0.3 is 19.7 Å². The van der Waals surface area contributed by atoms with Gasteiger partial charge >= 0.3 is 0 Å². The zero-order valence-corrected chi connectivity index (χ0v) is 20.6. The molecule has 2 heterocycles. The maximum Gasteiger partial charge on any atom is 0.194 e. The van der Waals surface area contributed by atoms with Crippen molar-refractivity contribution in [1.82, 2.24) is 19.7 Å². The minimum Gasteiger partial charge on any atom is -0.357 e. The molecule has 5 nitrogen and oxygen atoms in total. The van der Waals surface area contributed by atoms with Crippen LogP contribution in [0.15, 0.2) is 21.7 Å². The highest BCUT2D eigenvalue weighted by Crippen LogP contribution is 2.18. The molecule has 1 aliphatic heterocycles. The maximum absolute atomic E-state index is 4.93. The predicted molar refractivity (Wildman–Crippen MR) is 125 cm³/mol. The van der Waals surface area contributed by atoms with E-state index in [1.165, 1.54) is 44.6 Å². The van der Waals surface area contributed by atoms with Crippen molar-refractivity contribution in [3.05, 3.63) is 22.4 Å². The molecule has 1 N–H and O–H groups in total. The van der Waals surface area contributed by atoms with Crippen molar-refractivity contribution in [1.29, 1.82) is 0 Å². The van der Waals surface area contributed by atoms with E-state index in [0.717, 1.165) is 36.0 Å². The quantitative estimate of drug-likeness (QED) is 0.324. The standard InChI is InChI=1S/C19H34BrN5.HI/c1-5-9-25-10-7-16(8-11-25)13-22-19(21-6-2)24(4)15-18-12-17(20)14-23(18)3;/h12,14,16H,5-11,13,15H2,1-4H3,(H,21,22);1H. The minimum absolute atomic E-state index is 0. The molecule has 0 bridgehead atoms. The molecule has 1 aromatic rings. The maximum atomic E-state index is 4.93. The van der Waals surface area contributed by atoms with Crippen molar-refractivity contribution >= 4 is 45.9 Å². The van der Waals surface area contributed by atoms with Gasteiger partial charge in [0.25, 0.3) is 0 Å². The van der Waals surface area contributed by atoms with Gasteiger partial charge in [-0.25, -0.2) is 0 Å². The molecule has 0 atom stereocenters. The first kappa shape index (κ1) is 23.8. The molecule has 0 spiro atoms. The Morgan fingerprint density at radius 2 is 2.04 bits per heavy atom. The lowest BCUT2D eigenvalue weighted by Gasteiger charge is -2.31. The van der Waals surface area contributed by atoms with E-state index in [0.29, 0.717) is 0 Å². The number of rotatable bonds is 7. The Balaban J connectivity index is 0.00000338. The van der Waals surface area contributed by atoms with Crippen LogP contribution in [0.5, 0.6) is 0 Å². The number of piperidine rings is 1. The number of nitrogens with zero attached hydrogens (tertiary/aromatic N) is 4. The molecule has 0 unspecified atom stereocenters. The molecule has 0 amide bonds. The van der Waals surface area contributed by atoms with Crippen LogP contribution in [-0.2, 0) is 13.6 Å². The molecule has 0 aliphatic carbocycles. The van der Waals surface area contributed by atoms with Crippen LogP contribution in [0.4, 0.5) is 0 Å². The van der Waals surface area contributed by atoms with E-state index in [9.17, 15) is 0 Å². The highest BCUT2D eigenvalue weighted by Gasteiger charge is 2.19. The first-order chi connectivity index (χ1) is 12.0. The molecule has 26 heavy (non-hydrogen) atoms. The normalized spacial score (nSPS) is 16.4. The molecule has 1 aliphatic rings. The summed E-state index contributed by atoms with van der Waals surface area (Å²) in [6.45, 7) is 10.8. The molecule has 1 aromatic heterocycles. The van der Waals surface area contributed by atoms with Crippen LogP contribution < -0.4 is 5.32 Å². The van der Waals surface area contributed by atoms with E-state index < -0.39 is 0 Å². The van der Waals surface area contributed by atoms with Crippen LogP contribution >= 0.6 is 39.9 Å². The van der Waals surface area contributed by atoms with Crippen molar-refractivity contribution < 1.29 is 0 Å². The third-order valence-corrected chi connectivity index (χ3v) is 5.35. The number of hydrogen-bond donors (Lipinski definition) is 1. The average Bonchev–Trinajstić information content (AvgIpc) is 2.90. The fourth-order valence-corrected chi connectivity index (χ4v) is 4.01. The molecule has 1 fully saturated rings. The van der Waals surface area contributed by atoms with Crippen molar-refractivity contribution in [2.45, 2.75) is 39.7 Å². The second-order valence-corrected chi connectivity index (χ2v) is 8.01. The number of halogens is 2. The Morgan fingerprint density at radius 3 is 2.58 bits per heavy atom. The van der Waals surface area contributed by atoms with Gasteiger partial charge in [-0.15, -0.1) is 24.0 Å². The molecule has 1 saturated heterocycles. The zero-order valence-electron chi connectivity index (χ0n) is 16.7. The summed E-state index contributed by atoms with van der Waals surface area (Å²) in [7, 11) is 4.20. The van der Waals surface area contributed by atoms with Crippen LogP contribution in [0.1, 0.15) is 38.8 Å². The molecule has 150 valence electrons. The summed E-state index contributed by atoms with van der Waals surface area (Å²) in [5.41, 5.74) is 1.27. The number of guanidine groups is 1. The minimum atomic E-state index is 0. The van der Waals surface area contributed by atoms with Gasteiger partial charge in [0.1, 0.15) is 0 Å².